The molecule has 0 atom stereocenters. The van der Waals surface area contributed by atoms with E-state index in [0.29, 0.717) is 5.69 Å². The molecule has 6 nitrogen and oxygen atoms in total. The molecule has 0 bridgehead atoms. The van der Waals surface area contributed by atoms with Crippen molar-refractivity contribution in [1.82, 2.24) is 5.16 Å². The lowest BCUT2D eigenvalue weighted by atomic mass is 10.1. The van der Waals surface area contributed by atoms with Gasteiger partial charge in [0.2, 0.25) is 0 Å². The Kier molecular flexibility index (Phi) is 3.95. The van der Waals surface area contributed by atoms with Crippen LogP contribution in [-0.4, -0.2) is 20.1 Å². The molecule has 1 aromatic carbocycles. The van der Waals surface area contributed by atoms with Crippen LogP contribution in [0.5, 0.6) is 0 Å². The summed E-state index contributed by atoms with van der Waals surface area (Å²) in [6.07, 6.45) is 0. The van der Waals surface area contributed by atoms with E-state index in [4.69, 9.17) is 10.3 Å². The van der Waals surface area contributed by atoms with Crippen molar-refractivity contribution in [1.29, 1.82) is 0 Å². The molecule has 0 radical (unpaired) electrons. The maximum absolute atomic E-state index is 12.9. The molecular formula is C14H19N3O3S. The van der Waals surface area contributed by atoms with Crippen molar-refractivity contribution in [3.63, 3.8) is 0 Å². The van der Waals surface area contributed by atoms with E-state index in [-0.39, 0.29) is 23.0 Å². The van der Waals surface area contributed by atoms with E-state index in [1.165, 1.54) is 11.2 Å². The summed E-state index contributed by atoms with van der Waals surface area (Å²) < 4.78 is 32.0. The van der Waals surface area contributed by atoms with E-state index in [0.717, 1.165) is 11.1 Å². The first-order chi connectivity index (χ1) is 9.78. The molecule has 0 unspecified atom stereocenters. The Labute approximate surface area is 124 Å². The molecule has 7 heteroatoms. The van der Waals surface area contributed by atoms with Crippen LogP contribution in [0.4, 0.5) is 11.5 Å². The number of aromatic nitrogens is 1. The fourth-order valence-electron chi connectivity index (χ4n) is 2.26. The molecule has 1 heterocycles. The lowest BCUT2D eigenvalue weighted by molar-refractivity contribution is 0.396. The molecule has 0 fully saturated rings. The van der Waals surface area contributed by atoms with Gasteiger partial charge >= 0.3 is 0 Å². The van der Waals surface area contributed by atoms with Gasteiger partial charge in [-0.25, -0.2) is 8.42 Å². The van der Waals surface area contributed by atoms with Gasteiger partial charge in [0.25, 0.3) is 10.0 Å². The van der Waals surface area contributed by atoms with Crippen LogP contribution in [-0.2, 0) is 10.0 Å². The number of aryl methyl sites for hydroxylation is 3. The molecule has 0 aliphatic rings. The first-order valence-corrected chi connectivity index (χ1v) is 8.04. The number of nitrogens with two attached hydrogens (primary N) is 1. The fraction of sp³-hybridized carbons (Fsp3) is 0.357. The minimum atomic E-state index is -3.81. The summed E-state index contributed by atoms with van der Waals surface area (Å²) in [6, 6.07) is 5.68. The molecule has 2 aromatic rings. The fourth-order valence-corrected chi connectivity index (χ4v) is 3.98. The number of hydrogen-bond donors (Lipinski definition) is 1. The second-order valence-electron chi connectivity index (χ2n) is 4.91. The average Bonchev–Trinajstić information content (AvgIpc) is 2.74. The summed E-state index contributed by atoms with van der Waals surface area (Å²) >= 11 is 0. The minimum absolute atomic E-state index is 0.0646. The van der Waals surface area contributed by atoms with Gasteiger partial charge in [-0.1, -0.05) is 17.3 Å². The van der Waals surface area contributed by atoms with Gasteiger partial charge in [-0.15, -0.1) is 0 Å². The highest BCUT2D eigenvalue weighted by Gasteiger charge is 2.31. The molecule has 0 aliphatic heterocycles. The summed E-state index contributed by atoms with van der Waals surface area (Å²) in [5.74, 6) is 0.0764. The largest absolute Gasteiger partial charge is 0.380 e. The Balaban J connectivity index is 2.63. The lowest BCUT2D eigenvalue weighted by Crippen LogP contribution is -2.32. The van der Waals surface area contributed by atoms with Gasteiger partial charge in [-0.05, 0) is 44.9 Å². The molecule has 2 rings (SSSR count). The average molecular weight is 309 g/mol. The number of benzene rings is 1. The molecule has 2 N–H and O–H groups in total. The lowest BCUT2D eigenvalue weighted by Gasteiger charge is -2.24. The predicted molar refractivity (Wildman–Crippen MR) is 81.8 cm³/mol. The third-order valence-electron chi connectivity index (χ3n) is 3.30. The number of rotatable bonds is 4. The van der Waals surface area contributed by atoms with E-state index >= 15 is 0 Å². The molecule has 0 spiro atoms. The summed E-state index contributed by atoms with van der Waals surface area (Å²) in [4.78, 5) is -0.0646. The zero-order chi connectivity index (χ0) is 15.8. The molecule has 0 amide bonds. The number of nitrogens with zero attached hydrogens (tertiary/aromatic N) is 2. The molecule has 21 heavy (non-hydrogen) atoms. The van der Waals surface area contributed by atoms with Crippen molar-refractivity contribution in [3.8, 4) is 0 Å². The van der Waals surface area contributed by atoms with Crippen LogP contribution in [0.3, 0.4) is 0 Å². The second-order valence-corrected chi connectivity index (χ2v) is 6.71. The minimum Gasteiger partial charge on any atom is -0.380 e. The first kappa shape index (κ1) is 15.4. The van der Waals surface area contributed by atoms with E-state index < -0.39 is 10.0 Å². The van der Waals surface area contributed by atoms with Gasteiger partial charge in [0.15, 0.2) is 16.5 Å². The number of hydrogen-bond acceptors (Lipinski definition) is 5. The smallest absolute Gasteiger partial charge is 0.271 e. The van der Waals surface area contributed by atoms with Gasteiger partial charge in [-0.2, -0.15) is 0 Å². The van der Waals surface area contributed by atoms with Crippen LogP contribution < -0.4 is 10.0 Å². The first-order valence-electron chi connectivity index (χ1n) is 6.60. The van der Waals surface area contributed by atoms with Crippen LogP contribution in [0.25, 0.3) is 0 Å². The van der Waals surface area contributed by atoms with Crippen molar-refractivity contribution in [2.45, 2.75) is 32.6 Å². The Hall–Kier alpha value is -2.02. The van der Waals surface area contributed by atoms with Crippen molar-refractivity contribution in [2.75, 3.05) is 16.6 Å². The normalized spacial score (nSPS) is 11.6. The zero-order valence-corrected chi connectivity index (χ0v) is 13.4. The number of anilines is 2. The van der Waals surface area contributed by atoms with E-state index in [2.05, 4.69) is 5.16 Å². The second kappa shape index (κ2) is 5.40. The van der Waals surface area contributed by atoms with Crippen LogP contribution in [0.1, 0.15) is 23.8 Å². The van der Waals surface area contributed by atoms with Crippen LogP contribution in [0, 0.1) is 20.8 Å². The Morgan fingerprint density at radius 2 is 1.95 bits per heavy atom. The van der Waals surface area contributed by atoms with Crippen LogP contribution in [0.15, 0.2) is 27.6 Å². The van der Waals surface area contributed by atoms with Crippen molar-refractivity contribution >= 4 is 21.5 Å². The van der Waals surface area contributed by atoms with E-state index in [1.54, 1.807) is 6.92 Å². The molecule has 114 valence electrons. The highest BCUT2D eigenvalue weighted by molar-refractivity contribution is 7.93. The molecule has 1 aromatic heterocycles. The highest BCUT2D eigenvalue weighted by Crippen LogP contribution is 2.31. The predicted octanol–water partition coefficient (Wildman–Crippen LogP) is 2.40. The standard InChI is InChI=1S/C14H19N3O3S/c1-5-17(12-8-9(2)6-7-10(12)3)21(18,19)13-11(4)20-16-14(13)15/h6-8H,5H2,1-4H3,(H2,15,16). The Morgan fingerprint density at radius 3 is 2.48 bits per heavy atom. The van der Waals surface area contributed by atoms with Gasteiger partial charge < -0.3 is 10.3 Å². The monoisotopic (exact) mass is 309 g/mol. The SMILES string of the molecule is CCN(c1cc(C)ccc1C)S(=O)(=O)c1c(N)noc1C. The maximum Gasteiger partial charge on any atom is 0.271 e. The Bertz CT molecular complexity index is 746. The third kappa shape index (κ3) is 2.61. The summed E-state index contributed by atoms with van der Waals surface area (Å²) in [5.41, 5.74) is 8.15. The van der Waals surface area contributed by atoms with Gasteiger partial charge in [0.1, 0.15) is 0 Å². The van der Waals surface area contributed by atoms with Gasteiger partial charge in [0.05, 0.1) is 5.69 Å². The number of sulfonamides is 1. The molecule has 0 aliphatic carbocycles. The maximum atomic E-state index is 12.9. The zero-order valence-electron chi connectivity index (χ0n) is 12.5. The summed E-state index contributed by atoms with van der Waals surface area (Å²) in [6.45, 7) is 7.39. The molecular weight excluding hydrogens is 290 g/mol. The quantitative estimate of drug-likeness (QED) is 0.936. The van der Waals surface area contributed by atoms with Gasteiger partial charge in [0, 0.05) is 6.54 Å². The molecule has 0 saturated carbocycles. The summed E-state index contributed by atoms with van der Waals surface area (Å²) in [7, 11) is -3.81. The third-order valence-corrected chi connectivity index (χ3v) is 5.35. The number of nitrogen functional groups attached to an aromatic ring is 1. The van der Waals surface area contributed by atoms with E-state index in [1.807, 2.05) is 32.0 Å². The van der Waals surface area contributed by atoms with Crippen LogP contribution >= 0.6 is 0 Å². The Morgan fingerprint density at radius 1 is 1.29 bits per heavy atom. The van der Waals surface area contributed by atoms with Crippen molar-refractivity contribution in [2.24, 2.45) is 0 Å². The highest BCUT2D eigenvalue weighted by atomic mass is 32.2. The topological polar surface area (TPSA) is 89.4 Å². The van der Waals surface area contributed by atoms with E-state index in [9.17, 15) is 8.42 Å². The molecule has 0 saturated heterocycles. The van der Waals surface area contributed by atoms with Crippen molar-refractivity contribution in [3.05, 3.63) is 35.1 Å². The van der Waals surface area contributed by atoms with Crippen LogP contribution in [0.2, 0.25) is 0 Å². The summed E-state index contributed by atoms with van der Waals surface area (Å²) in [5, 5.41) is 3.53. The van der Waals surface area contributed by atoms with Crippen molar-refractivity contribution < 1.29 is 12.9 Å². The van der Waals surface area contributed by atoms with Gasteiger partial charge in [-0.3, -0.25) is 4.31 Å².